The molecule has 0 bridgehead atoms. The van der Waals surface area contributed by atoms with Crippen LogP contribution in [0.15, 0.2) is 22.7 Å². The minimum Gasteiger partial charge on any atom is -0.315 e. The smallest absolute Gasteiger partial charge is 0.261 e. The maximum absolute atomic E-state index is 12.2. The summed E-state index contributed by atoms with van der Waals surface area (Å²) in [5.74, 6) is -0.380. The molecule has 0 aromatic heterocycles. The van der Waals surface area contributed by atoms with Gasteiger partial charge in [0.2, 0.25) is 0 Å². The van der Waals surface area contributed by atoms with E-state index < -0.39 is 0 Å². The van der Waals surface area contributed by atoms with Gasteiger partial charge in [0.1, 0.15) is 0 Å². The summed E-state index contributed by atoms with van der Waals surface area (Å²) in [5.41, 5.74) is 1.000. The molecule has 4 nitrogen and oxygen atoms in total. The second kappa shape index (κ2) is 6.99. The fraction of sp³-hybridized carbons (Fsp3) is 0.467. The molecule has 108 valence electrons. The predicted molar refractivity (Wildman–Crippen MR) is 81.9 cm³/mol. The Kier molecular flexibility index (Phi) is 5.31. The lowest BCUT2D eigenvalue weighted by atomic mass is 10.1. The molecule has 0 aliphatic carbocycles. The molecular weight excluding hydrogens is 320 g/mol. The molecule has 0 unspecified atom stereocenters. The maximum Gasteiger partial charge on any atom is 0.261 e. The van der Waals surface area contributed by atoms with Crippen molar-refractivity contribution >= 4 is 27.7 Å². The summed E-state index contributed by atoms with van der Waals surface area (Å²) >= 11 is 3.33. The number of hydrogen-bond donors (Lipinski definition) is 1. The Balaban J connectivity index is 1.89. The quantitative estimate of drug-likeness (QED) is 0.614. The van der Waals surface area contributed by atoms with Crippen LogP contribution in [0.4, 0.5) is 0 Å². The second-order valence-electron chi connectivity index (χ2n) is 4.91. The van der Waals surface area contributed by atoms with Gasteiger partial charge in [-0.15, -0.1) is 0 Å². The number of hydrogen-bond acceptors (Lipinski definition) is 3. The number of unbranched alkanes of at least 4 members (excludes halogenated alkanes) is 2. The number of carbonyl (C=O) groups excluding carboxylic acids is 2. The highest BCUT2D eigenvalue weighted by molar-refractivity contribution is 9.10. The van der Waals surface area contributed by atoms with Gasteiger partial charge in [0.15, 0.2) is 0 Å². The third-order valence-electron chi connectivity index (χ3n) is 3.40. The molecule has 20 heavy (non-hydrogen) atoms. The van der Waals surface area contributed by atoms with Crippen LogP contribution in [0.2, 0.25) is 0 Å². The average Bonchev–Trinajstić information content (AvgIpc) is 2.67. The molecule has 1 aliphatic rings. The van der Waals surface area contributed by atoms with Gasteiger partial charge in [0, 0.05) is 17.6 Å². The van der Waals surface area contributed by atoms with Gasteiger partial charge in [-0.05, 0) is 31.2 Å². The van der Waals surface area contributed by atoms with Gasteiger partial charge in [-0.1, -0.05) is 35.7 Å². The summed E-state index contributed by atoms with van der Waals surface area (Å²) in [6.45, 7) is 4.17. The number of imide groups is 1. The number of carbonyl (C=O) groups is 2. The van der Waals surface area contributed by atoms with E-state index in [0.717, 1.165) is 17.4 Å². The Morgan fingerprint density at radius 1 is 1.10 bits per heavy atom. The Labute approximate surface area is 127 Å². The molecule has 2 rings (SSSR count). The summed E-state index contributed by atoms with van der Waals surface area (Å²) in [6.07, 6.45) is 3.52. The Hall–Kier alpha value is -1.20. The summed E-state index contributed by atoms with van der Waals surface area (Å²) in [4.78, 5) is 25.7. The molecule has 0 saturated heterocycles. The normalized spacial score (nSPS) is 14.0. The maximum atomic E-state index is 12.2. The number of fused-ring (bicyclic) bond motifs is 1. The molecule has 1 aliphatic heterocycles. The average molecular weight is 339 g/mol. The zero-order valence-electron chi connectivity index (χ0n) is 11.6. The van der Waals surface area contributed by atoms with Crippen molar-refractivity contribution in [3.63, 3.8) is 0 Å². The fourth-order valence-corrected chi connectivity index (χ4v) is 2.64. The minimum atomic E-state index is -0.193. The molecule has 1 aromatic carbocycles. The van der Waals surface area contributed by atoms with Crippen molar-refractivity contribution in [2.45, 2.75) is 26.2 Å². The van der Waals surface area contributed by atoms with E-state index in [1.165, 1.54) is 17.7 Å². The number of rotatable bonds is 7. The Morgan fingerprint density at radius 2 is 1.85 bits per heavy atom. The van der Waals surface area contributed by atoms with Crippen LogP contribution in [0.1, 0.15) is 46.9 Å². The van der Waals surface area contributed by atoms with Crippen LogP contribution < -0.4 is 5.32 Å². The van der Waals surface area contributed by atoms with Crippen LogP contribution in [-0.2, 0) is 0 Å². The molecule has 5 heteroatoms. The van der Waals surface area contributed by atoms with Gasteiger partial charge in [-0.25, -0.2) is 0 Å². The van der Waals surface area contributed by atoms with Crippen LogP contribution in [0, 0.1) is 0 Å². The lowest BCUT2D eigenvalue weighted by Crippen LogP contribution is -2.36. The molecule has 0 atom stereocenters. The highest BCUT2D eigenvalue weighted by Crippen LogP contribution is 2.25. The van der Waals surface area contributed by atoms with E-state index >= 15 is 0 Å². The van der Waals surface area contributed by atoms with E-state index in [1.807, 2.05) is 0 Å². The number of benzene rings is 1. The molecule has 0 fully saturated rings. The third kappa shape index (κ3) is 3.27. The largest absolute Gasteiger partial charge is 0.315 e. The number of nitrogens with zero attached hydrogens (tertiary/aromatic N) is 1. The first-order chi connectivity index (χ1) is 9.65. The first-order valence-electron chi connectivity index (χ1n) is 7.01. The van der Waals surface area contributed by atoms with Gasteiger partial charge < -0.3 is 5.32 Å². The second-order valence-corrected chi connectivity index (χ2v) is 5.82. The molecule has 0 saturated carbocycles. The number of nitrogens with one attached hydrogen (secondary N) is 1. The van der Waals surface area contributed by atoms with Crippen LogP contribution >= 0.6 is 15.9 Å². The van der Waals surface area contributed by atoms with Crippen molar-refractivity contribution in [3.8, 4) is 0 Å². The standard InChI is InChI=1S/C15H19BrN2O2/c1-2-3-4-7-17-8-9-18-14(19)12-6-5-11(16)10-13(12)15(18)20/h5-6,10,17H,2-4,7-9H2,1H3. The molecule has 0 spiro atoms. The SMILES string of the molecule is CCCCCNCCN1C(=O)c2ccc(Br)cc2C1=O. The van der Waals surface area contributed by atoms with Crippen molar-refractivity contribution in [1.82, 2.24) is 10.2 Å². The summed E-state index contributed by atoms with van der Waals surface area (Å²) < 4.78 is 0.817. The van der Waals surface area contributed by atoms with Gasteiger partial charge >= 0.3 is 0 Å². The van der Waals surface area contributed by atoms with Crippen molar-refractivity contribution in [2.24, 2.45) is 0 Å². The summed E-state index contributed by atoms with van der Waals surface area (Å²) in [5, 5.41) is 3.27. The van der Waals surface area contributed by atoms with Crippen LogP contribution in [0.5, 0.6) is 0 Å². The van der Waals surface area contributed by atoms with E-state index in [1.54, 1.807) is 18.2 Å². The number of amides is 2. The first kappa shape index (κ1) is 15.2. The van der Waals surface area contributed by atoms with Crippen LogP contribution in [0.25, 0.3) is 0 Å². The van der Waals surface area contributed by atoms with Gasteiger partial charge in [-0.2, -0.15) is 0 Å². The van der Waals surface area contributed by atoms with E-state index in [-0.39, 0.29) is 11.8 Å². The molecular formula is C15H19BrN2O2. The molecule has 2 amide bonds. The molecule has 0 radical (unpaired) electrons. The third-order valence-corrected chi connectivity index (χ3v) is 3.90. The Bertz CT molecular complexity index is 517. The first-order valence-corrected chi connectivity index (χ1v) is 7.81. The lowest BCUT2D eigenvalue weighted by Gasteiger charge is -2.14. The van der Waals surface area contributed by atoms with Crippen molar-refractivity contribution in [1.29, 1.82) is 0 Å². The highest BCUT2D eigenvalue weighted by atomic mass is 79.9. The van der Waals surface area contributed by atoms with E-state index in [0.29, 0.717) is 24.2 Å². The molecule has 1 heterocycles. The van der Waals surface area contributed by atoms with E-state index in [9.17, 15) is 9.59 Å². The molecule has 1 N–H and O–H groups in total. The van der Waals surface area contributed by atoms with Gasteiger partial charge in [0.25, 0.3) is 11.8 Å². The van der Waals surface area contributed by atoms with E-state index in [4.69, 9.17) is 0 Å². The predicted octanol–water partition coefficient (Wildman–Crippen LogP) is 2.82. The minimum absolute atomic E-state index is 0.187. The van der Waals surface area contributed by atoms with Crippen molar-refractivity contribution < 1.29 is 9.59 Å². The van der Waals surface area contributed by atoms with E-state index in [2.05, 4.69) is 28.2 Å². The zero-order valence-corrected chi connectivity index (χ0v) is 13.2. The molecule has 1 aromatic rings. The topological polar surface area (TPSA) is 49.4 Å². The number of halogens is 1. The summed E-state index contributed by atoms with van der Waals surface area (Å²) in [6, 6.07) is 5.20. The van der Waals surface area contributed by atoms with Crippen molar-refractivity contribution in [2.75, 3.05) is 19.6 Å². The monoisotopic (exact) mass is 338 g/mol. The Morgan fingerprint density at radius 3 is 2.60 bits per heavy atom. The summed E-state index contributed by atoms with van der Waals surface area (Å²) in [7, 11) is 0. The zero-order chi connectivity index (χ0) is 14.5. The van der Waals surface area contributed by atoms with Crippen LogP contribution in [0.3, 0.4) is 0 Å². The highest BCUT2D eigenvalue weighted by Gasteiger charge is 2.34. The fourth-order valence-electron chi connectivity index (χ4n) is 2.28. The van der Waals surface area contributed by atoms with Gasteiger partial charge in [0.05, 0.1) is 11.1 Å². The lowest BCUT2D eigenvalue weighted by molar-refractivity contribution is 0.0655. The van der Waals surface area contributed by atoms with Crippen molar-refractivity contribution in [3.05, 3.63) is 33.8 Å². The van der Waals surface area contributed by atoms with Crippen LogP contribution in [-0.4, -0.2) is 36.3 Å². The van der Waals surface area contributed by atoms with Gasteiger partial charge in [-0.3, -0.25) is 14.5 Å².